The number of rotatable bonds is 4. The molecule has 2 aliphatic heterocycles. The fourth-order valence-electron chi connectivity index (χ4n) is 3.82. The Hall–Kier alpha value is -2.96. The maximum absolute atomic E-state index is 12.9. The number of aromatic nitrogens is 2. The van der Waals surface area contributed by atoms with Crippen molar-refractivity contribution in [3.8, 4) is 0 Å². The molecule has 3 heterocycles. The topological polar surface area (TPSA) is 69.6 Å². The van der Waals surface area contributed by atoms with Crippen molar-refractivity contribution in [3.05, 3.63) is 47.9 Å². The van der Waals surface area contributed by atoms with Crippen molar-refractivity contribution < 1.29 is 9.59 Å². The van der Waals surface area contributed by atoms with Gasteiger partial charge >= 0.3 is 0 Å². The predicted molar refractivity (Wildman–Crippen MR) is 108 cm³/mol. The molecule has 0 radical (unpaired) electrons. The number of carbonyl (C=O) groups is 2. The first kappa shape index (κ1) is 18.4. The zero-order valence-corrected chi connectivity index (χ0v) is 16.2. The van der Waals surface area contributed by atoms with Crippen LogP contribution in [0.1, 0.15) is 40.6 Å². The van der Waals surface area contributed by atoms with E-state index < -0.39 is 0 Å². The quantitative estimate of drug-likeness (QED) is 0.759. The van der Waals surface area contributed by atoms with E-state index in [0.717, 1.165) is 43.2 Å². The van der Waals surface area contributed by atoms with E-state index in [-0.39, 0.29) is 11.7 Å². The molecule has 1 amide bonds. The SMILES string of the molecule is CC(=O)c1ccc(N2CCN(C(=O)c3cc(N4CCCC4)ncn3)CC2)cc1. The molecule has 2 aromatic rings. The van der Waals surface area contributed by atoms with Gasteiger partial charge in [-0.1, -0.05) is 0 Å². The van der Waals surface area contributed by atoms with Crippen molar-refractivity contribution in [2.45, 2.75) is 19.8 Å². The molecule has 0 bridgehead atoms. The van der Waals surface area contributed by atoms with E-state index in [1.165, 1.54) is 19.2 Å². The third-order valence-electron chi connectivity index (χ3n) is 5.51. The zero-order valence-electron chi connectivity index (χ0n) is 16.2. The molecule has 0 unspecified atom stereocenters. The van der Waals surface area contributed by atoms with E-state index in [9.17, 15) is 9.59 Å². The van der Waals surface area contributed by atoms with Gasteiger partial charge in [0.15, 0.2) is 5.78 Å². The highest BCUT2D eigenvalue weighted by Gasteiger charge is 2.24. The Labute approximate surface area is 165 Å². The fraction of sp³-hybridized carbons (Fsp3) is 0.429. The molecule has 2 aliphatic rings. The smallest absolute Gasteiger partial charge is 0.272 e. The van der Waals surface area contributed by atoms with Crippen LogP contribution in [0.2, 0.25) is 0 Å². The summed E-state index contributed by atoms with van der Waals surface area (Å²) in [4.78, 5) is 39.2. The largest absolute Gasteiger partial charge is 0.368 e. The first-order valence-corrected chi connectivity index (χ1v) is 9.84. The van der Waals surface area contributed by atoms with Crippen LogP contribution < -0.4 is 9.80 Å². The number of piperazine rings is 1. The van der Waals surface area contributed by atoms with E-state index in [1.807, 2.05) is 35.2 Å². The Bertz CT molecular complexity index is 853. The molecule has 2 fully saturated rings. The highest BCUT2D eigenvalue weighted by atomic mass is 16.2. The summed E-state index contributed by atoms with van der Waals surface area (Å²) >= 11 is 0. The summed E-state index contributed by atoms with van der Waals surface area (Å²) < 4.78 is 0. The van der Waals surface area contributed by atoms with Crippen LogP contribution in [0, 0.1) is 0 Å². The molecule has 4 rings (SSSR count). The number of benzene rings is 1. The Balaban J connectivity index is 1.38. The second-order valence-corrected chi connectivity index (χ2v) is 7.34. The van der Waals surface area contributed by atoms with Gasteiger partial charge in [0.05, 0.1) is 0 Å². The lowest BCUT2D eigenvalue weighted by molar-refractivity contribution is 0.0740. The number of hydrogen-bond acceptors (Lipinski definition) is 6. The van der Waals surface area contributed by atoms with Gasteiger partial charge in [-0.05, 0) is 44.0 Å². The van der Waals surface area contributed by atoms with E-state index in [0.29, 0.717) is 18.8 Å². The highest BCUT2D eigenvalue weighted by Crippen LogP contribution is 2.20. The number of anilines is 2. The summed E-state index contributed by atoms with van der Waals surface area (Å²) in [6.45, 7) is 6.37. The molecule has 1 aromatic heterocycles. The van der Waals surface area contributed by atoms with Crippen molar-refractivity contribution in [2.24, 2.45) is 0 Å². The predicted octanol–water partition coefficient (Wildman–Crippen LogP) is 2.24. The molecular formula is C21H25N5O2. The first-order valence-electron chi connectivity index (χ1n) is 9.84. The molecule has 28 heavy (non-hydrogen) atoms. The summed E-state index contributed by atoms with van der Waals surface area (Å²) in [7, 11) is 0. The van der Waals surface area contributed by atoms with Gasteiger partial charge < -0.3 is 14.7 Å². The lowest BCUT2D eigenvalue weighted by atomic mass is 10.1. The van der Waals surface area contributed by atoms with E-state index in [4.69, 9.17) is 0 Å². The molecule has 2 saturated heterocycles. The lowest BCUT2D eigenvalue weighted by Gasteiger charge is -2.36. The van der Waals surface area contributed by atoms with Crippen molar-refractivity contribution in [1.82, 2.24) is 14.9 Å². The van der Waals surface area contributed by atoms with Crippen LogP contribution in [-0.4, -0.2) is 65.8 Å². The summed E-state index contributed by atoms with van der Waals surface area (Å²) in [6, 6.07) is 9.48. The monoisotopic (exact) mass is 379 g/mol. The van der Waals surface area contributed by atoms with E-state index in [1.54, 1.807) is 6.92 Å². The average Bonchev–Trinajstić information content (AvgIpc) is 3.28. The number of carbonyl (C=O) groups excluding carboxylic acids is 2. The summed E-state index contributed by atoms with van der Waals surface area (Å²) in [5.74, 6) is 0.884. The highest BCUT2D eigenvalue weighted by molar-refractivity contribution is 5.94. The minimum Gasteiger partial charge on any atom is -0.368 e. The van der Waals surface area contributed by atoms with Crippen LogP contribution in [0.5, 0.6) is 0 Å². The second kappa shape index (κ2) is 7.96. The standard InChI is InChI=1S/C21H25N5O2/c1-16(27)17-4-6-18(7-5-17)24-10-12-26(13-11-24)21(28)19-14-20(23-15-22-19)25-8-2-3-9-25/h4-7,14-15H,2-3,8-13H2,1H3. The van der Waals surface area contributed by atoms with Crippen LogP contribution in [0.15, 0.2) is 36.7 Å². The molecule has 7 heteroatoms. The Morgan fingerprint density at radius 1 is 0.857 bits per heavy atom. The molecular weight excluding hydrogens is 354 g/mol. The van der Waals surface area contributed by atoms with Crippen LogP contribution in [0.3, 0.4) is 0 Å². The summed E-state index contributed by atoms with van der Waals surface area (Å²) in [5.41, 5.74) is 2.27. The van der Waals surface area contributed by atoms with E-state index in [2.05, 4.69) is 19.8 Å². The summed E-state index contributed by atoms with van der Waals surface area (Å²) in [5, 5.41) is 0. The number of ketones is 1. The lowest BCUT2D eigenvalue weighted by Crippen LogP contribution is -2.49. The van der Waals surface area contributed by atoms with Crippen molar-refractivity contribution >= 4 is 23.2 Å². The molecule has 0 atom stereocenters. The molecule has 0 aliphatic carbocycles. The van der Waals surface area contributed by atoms with Gasteiger partial charge in [0.25, 0.3) is 5.91 Å². The van der Waals surface area contributed by atoms with Crippen molar-refractivity contribution in [1.29, 1.82) is 0 Å². The van der Waals surface area contributed by atoms with Crippen molar-refractivity contribution in [2.75, 3.05) is 49.1 Å². The van der Waals surface area contributed by atoms with Gasteiger partial charge in [-0.2, -0.15) is 0 Å². The minimum atomic E-state index is -0.0329. The summed E-state index contributed by atoms with van der Waals surface area (Å²) in [6.07, 6.45) is 3.83. The molecule has 0 spiro atoms. The van der Waals surface area contributed by atoms with Crippen LogP contribution in [0.4, 0.5) is 11.5 Å². The first-order chi connectivity index (χ1) is 13.6. The number of nitrogens with zero attached hydrogens (tertiary/aromatic N) is 5. The zero-order chi connectivity index (χ0) is 19.5. The van der Waals surface area contributed by atoms with Gasteiger partial charge in [0, 0.05) is 56.6 Å². The molecule has 0 N–H and O–H groups in total. The number of Topliss-reactive ketones (excluding diaryl/α,β-unsaturated/α-hetero) is 1. The number of hydrogen-bond donors (Lipinski definition) is 0. The number of amides is 1. The average molecular weight is 379 g/mol. The second-order valence-electron chi connectivity index (χ2n) is 7.34. The Morgan fingerprint density at radius 2 is 1.54 bits per heavy atom. The maximum Gasteiger partial charge on any atom is 0.272 e. The molecule has 1 aromatic carbocycles. The van der Waals surface area contributed by atoms with Crippen LogP contribution in [0.25, 0.3) is 0 Å². The van der Waals surface area contributed by atoms with Gasteiger partial charge in [-0.25, -0.2) is 9.97 Å². The Kier molecular flexibility index (Phi) is 5.23. The third kappa shape index (κ3) is 3.83. The van der Waals surface area contributed by atoms with E-state index >= 15 is 0 Å². The van der Waals surface area contributed by atoms with Gasteiger partial charge in [0.2, 0.25) is 0 Å². The molecule has 146 valence electrons. The minimum absolute atomic E-state index is 0.0329. The van der Waals surface area contributed by atoms with Crippen LogP contribution in [-0.2, 0) is 0 Å². The van der Waals surface area contributed by atoms with Crippen LogP contribution >= 0.6 is 0 Å². The fourth-order valence-corrected chi connectivity index (χ4v) is 3.82. The molecule has 0 saturated carbocycles. The van der Waals surface area contributed by atoms with Gasteiger partial charge in [-0.15, -0.1) is 0 Å². The normalized spacial score (nSPS) is 17.1. The van der Waals surface area contributed by atoms with Gasteiger partial charge in [-0.3, -0.25) is 9.59 Å². The maximum atomic E-state index is 12.9. The van der Waals surface area contributed by atoms with Gasteiger partial charge in [0.1, 0.15) is 17.8 Å². The third-order valence-corrected chi connectivity index (χ3v) is 5.51. The Morgan fingerprint density at radius 3 is 2.18 bits per heavy atom. The van der Waals surface area contributed by atoms with Crippen molar-refractivity contribution in [3.63, 3.8) is 0 Å². The molecule has 7 nitrogen and oxygen atoms in total.